The lowest BCUT2D eigenvalue weighted by Gasteiger charge is -2.02. The molecule has 14 heavy (non-hydrogen) atoms. The molecule has 0 aliphatic carbocycles. The third-order valence-electron chi connectivity index (χ3n) is 1.38. The van der Waals surface area contributed by atoms with E-state index in [0.717, 1.165) is 6.20 Å². The Labute approximate surface area is 84.3 Å². The van der Waals surface area contributed by atoms with Gasteiger partial charge in [0.1, 0.15) is 0 Å². The van der Waals surface area contributed by atoms with Crippen LogP contribution < -0.4 is 0 Å². The van der Waals surface area contributed by atoms with Crippen molar-refractivity contribution >= 4 is 12.6 Å². The number of thiol groups is 1. The Kier molecular flexibility index (Phi) is 3.47. The van der Waals surface area contributed by atoms with Gasteiger partial charge in [-0.1, -0.05) is 11.8 Å². The van der Waals surface area contributed by atoms with Crippen molar-refractivity contribution in [1.29, 1.82) is 0 Å². The lowest BCUT2D eigenvalue weighted by atomic mass is 10.2. The van der Waals surface area contributed by atoms with E-state index in [2.05, 4.69) is 29.6 Å². The minimum atomic E-state index is -4.43. The molecule has 6 heteroatoms. The molecule has 2 nitrogen and oxygen atoms in total. The van der Waals surface area contributed by atoms with Crippen LogP contribution in [0.1, 0.15) is 17.7 Å². The molecule has 0 saturated carbocycles. The summed E-state index contributed by atoms with van der Waals surface area (Å²) in [6, 6.07) is 0. The van der Waals surface area contributed by atoms with Crippen molar-refractivity contribution in [3.8, 4) is 11.8 Å². The first-order chi connectivity index (χ1) is 6.55. The van der Waals surface area contributed by atoms with Crippen molar-refractivity contribution in [2.45, 2.75) is 12.6 Å². The minimum Gasteiger partial charge on any atom is -0.273 e. The maximum atomic E-state index is 12.2. The Morgan fingerprint density at radius 1 is 1.50 bits per heavy atom. The summed E-state index contributed by atoms with van der Waals surface area (Å²) in [6.07, 6.45) is -2.92. The molecule has 0 spiro atoms. The zero-order valence-electron chi connectivity index (χ0n) is 7.02. The van der Waals surface area contributed by atoms with Crippen molar-refractivity contribution in [2.75, 3.05) is 5.75 Å². The maximum Gasteiger partial charge on any atom is 0.434 e. The van der Waals surface area contributed by atoms with E-state index in [1.807, 2.05) is 5.10 Å². The number of hydrogen-bond donors (Lipinski definition) is 2. The van der Waals surface area contributed by atoms with Gasteiger partial charge in [0.25, 0.3) is 0 Å². The number of hydrogen-bond acceptors (Lipinski definition) is 2. The topological polar surface area (TPSA) is 28.7 Å². The van der Waals surface area contributed by atoms with Gasteiger partial charge in [-0.2, -0.15) is 30.9 Å². The highest BCUT2D eigenvalue weighted by Crippen LogP contribution is 2.29. The molecule has 0 unspecified atom stereocenters. The number of nitrogens with zero attached hydrogens (tertiary/aromatic N) is 1. The van der Waals surface area contributed by atoms with Gasteiger partial charge in [-0.3, -0.25) is 5.10 Å². The number of aromatic amines is 1. The highest BCUT2D eigenvalue weighted by molar-refractivity contribution is 7.80. The van der Waals surface area contributed by atoms with E-state index in [1.165, 1.54) is 0 Å². The van der Waals surface area contributed by atoms with Crippen LogP contribution in [-0.2, 0) is 6.18 Å². The average Bonchev–Trinajstić information content (AvgIpc) is 2.52. The van der Waals surface area contributed by atoms with Gasteiger partial charge in [-0.05, 0) is 0 Å². The SMILES string of the molecule is FC(F)(F)c1[nH]ncc1C#CCCS. The summed E-state index contributed by atoms with van der Waals surface area (Å²) in [5.74, 6) is 5.47. The van der Waals surface area contributed by atoms with Crippen molar-refractivity contribution < 1.29 is 13.2 Å². The van der Waals surface area contributed by atoms with E-state index in [9.17, 15) is 13.2 Å². The smallest absolute Gasteiger partial charge is 0.273 e. The first-order valence-electron chi connectivity index (χ1n) is 3.76. The zero-order chi connectivity index (χ0) is 10.6. The Hall–Kier alpha value is -1.09. The van der Waals surface area contributed by atoms with Crippen LogP contribution in [0.15, 0.2) is 6.20 Å². The standard InChI is InChI=1S/C8H7F3N2S/c9-8(10,11)7-6(5-12-13-7)3-1-2-4-14/h5,14H,2,4H2,(H,12,13). The lowest BCUT2D eigenvalue weighted by Crippen LogP contribution is -2.07. The van der Waals surface area contributed by atoms with Gasteiger partial charge < -0.3 is 0 Å². The average molecular weight is 220 g/mol. The van der Waals surface area contributed by atoms with Gasteiger partial charge in [0.2, 0.25) is 0 Å². The second-order valence-electron chi connectivity index (χ2n) is 2.43. The Morgan fingerprint density at radius 2 is 2.21 bits per heavy atom. The minimum absolute atomic E-state index is 0.126. The van der Waals surface area contributed by atoms with E-state index >= 15 is 0 Å². The molecule has 0 fully saturated rings. The molecule has 0 radical (unpaired) electrons. The predicted molar refractivity (Wildman–Crippen MR) is 48.9 cm³/mol. The summed E-state index contributed by atoms with van der Waals surface area (Å²) in [4.78, 5) is 0. The van der Waals surface area contributed by atoms with E-state index in [1.54, 1.807) is 0 Å². The zero-order valence-corrected chi connectivity index (χ0v) is 7.91. The number of aromatic nitrogens is 2. The molecule has 1 rings (SSSR count). The van der Waals surface area contributed by atoms with Crippen LogP contribution >= 0.6 is 12.6 Å². The molecule has 0 aromatic carbocycles. The quantitative estimate of drug-likeness (QED) is 0.550. The van der Waals surface area contributed by atoms with E-state index < -0.39 is 11.9 Å². The molecule has 1 heterocycles. The Bertz CT molecular complexity index is 359. The molecular formula is C8H7F3N2S. The van der Waals surface area contributed by atoms with Crippen molar-refractivity contribution in [1.82, 2.24) is 10.2 Å². The van der Waals surface area contributed by atoms with Crippen LogP contribution in [0.2, 0.25) is 0 Å². The van der Waals surface area contributed by atoms with Gasteiger partial charge in [0, 0.05) is 12.2 Å². The highest BCUT2D eigenvalue weighted by Gasteiger charge is 2.35. The van der Waals surface area contributed by atoms with Gasteiger partial charge in [-0.25, -0.2) is 0 Å². The number of alkyl halides is 3. The van der Waals surface area contributed by atoms with Crippen LogP contribution in [0.3, 0.4) is 0 Å². The molecular weight excluding hydrogens is 213 g/mol. The highest BCUT2D eigenvalue weighted by atomic mass is 32.1. The maximum absolute atomic E-state index is 12.2. The number of rotatable bonds is 1. The number of H-pyrrole nitrogens is 1. The van der Waals surface area contributed by atoms with Crippen LogP contribution in [-0.4, -0.2) is 16.0 Å². The summed E-state index contributed by atoms with van der Waals surface area (Å²) < 4.78 is 36.7. The summed E-state index contributed by atoms with van der Waals surface area (Å²) >= 11 is 3.89. The van der Waals surface area contributed by atoms with E-state index in [-0.39, 0.29) is 5.56 Å². The Morgan fingerprint density at radius 3 is 2.79 bits per heavy atom. The van der Waals surface area contributed by atoms with Gasteiger partial charge in [0.15, 0.2) is 5.69 Å². The van der Waals surface area contributed by atoms with Crippen LogP contribution in [0.4, 0.5) is 13.2 Å². The number of nitrogens with one attached hydrogen (secondary N) is 1. The third-order valence-corrected chi connectivity index (χ3v) is 1.61. The molecule has 76 valence electrons. The summed E-state index contributed by atoms with van der Waals surface area (Å²) in [5, 5.41) is 5.18. The van der Waals surface area contributed by atoms with Gasteiger partial charge in [0.05, 0.1) is 11.8 Å². The Balaban J connectivity index is 2.90. The summed E-state index contributed by atoms with van der Waals surface area (Å²) in [7, 11) is 0. The van der Waals surface area contributed by atoms with Gasteiger partial charge >= 0.3 is 6.18 Å². The molecule has 1 aromatic rings. The first kappa shape index (κ1) is 11.0. The molecule has 1 N–H and O–H groups in total. The monoisotopic (exact) mass is 220 g/mol. The largest absolute Gasteiger partial charge is 0.434 e. The van der Waals surface area contributed by atoms with Crippen LogP contribution in [0, 0.1) is 11.8 Å². The first-order valence-corrected chi connectivity index (χ1v) is 4.39. The van der Waals surface area contributed by atoms with Crippen molar-refractivity contribution in [3.63, 3.8) is 0 Å². The molecule has 1 aromatic heterocycles. The van der Waals surface area contributed by atoms with Crippen LogP contribution in [0.25, 0.3) is 0 Å². The molecule has 0 saturated heterocycles. The van der Waals surface area contributed by atoms with Crippen molar-refractivity contribution in [2.24, 2.45) is 0 Å². The van der Waals surface area contributed by atoms with Gasteiger partial charge in [-0.15, -0.1) is 0 Å². The fraction of sp³-hybridized carbons (Fsp3) is 0.375. The summed E-state index contributed by atoms with van der Waals surface area (Å²) in [5.41, 5.74) is -1.02. The molecule has 0 aliphatic rings. The second kappa shape index (κ2) is 4.42. The lowest BCUT2D eigenvalue weighted by molar-refractivity contribution is -0.141. The number of halogens is 3. The second-order valence-corrected chi connectivity index (χ2v) is 2.88. The third kappa shape index (κ3) is 2.70. The predicted octanol–water partition coefficient (Wildman–Crippen LogP) is 2.10. The fourth-order valence-electron chi connectivity index (χ4n) is 0.811. The van der Waals surface area contributed by atoms with Crippen LogP contribution in [0.5, 0.6) is 0 Å². The molecule has 0 aliphatic heterocycles. The molecule has 0 amide bonds. The van der Waals surface area contributed by atoms with Crippen molar-refractivity contribution in [3.05, 3.63) is 17.5 Å². The van der Waals surface area contributed by atoms with E-state index in [0.29, 0.717) is 12.2 Å². The normalized spacial score (nSPS) is 10.9. The molecule has 0 bridgehead atoms. The fourth-order valence-corrected chi connectivity index (χ4v) is 0.922. The van der Waals surface area contributed by atoms with E-state index in [4.69, 9.17) is 0 Å². The molecule has 0 atom stereocenters. The summed E-state index contributed by atoms with van der Waals surface area (Å²) in [6.45, 7) is 0.